The van der Waals surface area contributed by atoms with Crippen LogP contribution in [0.25, 0.3) is 0 Å². The van der Waals surface area contributed by atoms with Gasteiger partial charge in [0.1, 0.15) is 5.69 Å². The van der Waals surface area contributed by atoms with Crippen molar-refractivity contribution < 1.29 is 4.79 Å². The van der Waals surface area contributed by atoms with Crippen LogP contribution in [-0.2, 0) is 0 Å². The summed E-state index contributed by atoms with van der Waals surface area (Å²) < 4.78 is 0. The van der Waals surface area contributed by atoms with Crippen LogP contribution in [0.1, 0.15) is 53.8 Å². The highest BCUT2D eigenvalue weighted by Crippen LogP contribution is 2.18. The molecule has 1 amide bonds. The zero-order chi connectivity index (χ0) is 16.9. The van der Waals surface area contributed by atoms with E-state index in [4.69, 9.17) is 0 Å². The second kappa shape index (κ2) is 7.43. The standard InChI is InChI=1S/C19H24N4O/c1-13-8-10-16(11-9-13)22-19-20-14(2)12-17(23-19)18(24)21-15-6-4-3-5-7-15/h8-12,15H,3-7H2,1-2H3,(H,21,24)(H,20,22,23). The third kappa shape index (κ3) is 4.31. The summed E-state index contributed by atoms with van der Waals surface area (Å²) in [6, 6.07) is 10.0. The molecule has 24 heavy (non-hydrogen) atoms. The van der Waals surface area contributed by atoms with Crippen molar-refractivity contribution in [2.45, 2.75) is 52.0 Å². The molecule has 2 N–H and O–H groups in total. The average Bonchev–Trinajstić information content (AvgIpc) is 2.57. The van der Waals surface area contributed by atoms with Crippen molar-refractivity contribution in [3.8, 4) is 0 Å². The Morgan fingerprint density at radius 2 is 1.75 bits per heavy atom. The summed E-state index contributed by atoms with van der Waals surface area (Å²) in [6.45, 7) is 3.92. The first-order valence-electron chi connectivity index (χ1n) is 8.60. The largest absolute Gasteiger partial charge is 0.348 e. The summed E-state index contributed by atoms with van der Waals surface area (Å²) in [4.78, 5) is 21.2. The van der Waals surface area contributed by atoms with E-state index >= 15 is 0 Å². The van der Waals surface area contributed by atoms with Crippen molar-refractivity contribution in [2.75, 3.05) is 5.32 Å². The van der Waals surface area contributed by atoms with Crippen LogP contribution < -0.4 is 10.6 Å². The summed E-state index contributed by atoms with van der Waals surface area (Å²) in [7, 11) is 0. The van der Waals surface area contributed by atoms with Gasteiger partial charge in [-0.15, -0.1) is 0 Å². The number of carbonyl (C=O) groups is 1. The Labute approximate surface area is 142 Å². The van der Waals surface area contributed by atoms with Crippen molar-refractivity contribution in [3.63, 3.8) is 0 Å². The van der Waals surface area contributed by atoms with Crippen LogP contribution in [0, 0.1) is 13.8 Å². The first kappa shape index (κ1) is 16.4. The molecule has 1 saturated carbocycles. The lowest BCUT2D eigenvalue weighted by molar-refractivity contribution is 0.0922. The fraction of sp³-hybridized carbons (Fsp3) is 0.421. The highest BCUT2D eigenvalue weighted by molar-refractivity contribution is 5.92. The first-order valence-corrected chi connectivity index (χ1v) is 8.60. The molecule has 1 aromatic heterocycles. The number of rotatable bonds is 4. The molecule has 0 bridgehead atoms. The van der Waals surface area contributed by atoms with Crippen molar-refractivity contribution in [2.24, 2.45) is 0 Å². The maximum absolute atomic E-state index is 12.5. The van der Waals surface area contributed by atoms with Crippen LogP contribution in [0.5, 0.6) is 0 Å². The zero-order valence-electron chi connectivity index (χ0n) is 14.3. The molecule has 1 aliphatic carbocycles. The second-order valence-corrected chi connectivity index (χ2v) is 6.52. The lowest BCUT2D eigenvalue weighted by Crippen LogP contribution is -2.36. The Kier molecular flexibility index (Phi) is 5.08. The molecule has 0 spiro atoms. The third-order valence-electron chi connectivity index (χ3n) is 4.33. The van der Waals surface area contributed by atoms with Gasteiger partial charge < -0.3 is 10.6 Å². The minimum absolute atomic E-state index is 0.112. The molecule has 1 aromatic carbocycles. The molecule has 0 atom stereocenters. The fourth-order valence-corrected chi connectivity index (χ4v) is 3.01. The Hall–Kier alpha value is -2.43. The number of aryl methyl sites for hydroxylation is 2. The summed E-state index contributed by atoms with van der Waals surface area (Å²) in [5.74, 6) is 0.340. The number of amides is 1. The van der Waals surface area contributed by atoms with Gasteiger partial charge in [0.2, 0.25) is 5.95 Å². The van der Waals surface area contributed by atoms with Crippen LogP contribution in [0.3, 0.4) is 0 Å². The van der Waals surface area contributed by atoms with E-state index in [2.05, 4.69) is 20.6 Å². The van der Waals surface area contributed by atoms with Crippen molar-refractivity contribution >= 4 is 17.5 Å². The fourth-order valence-electron chi connectivity index (χ4n) is 3.01. The summed E-state index contributed by atoms with van der Waals surface area (Å²) in [5.41, 5.74) is 3.29. The number of nitrogens with zero attached hydrogens (tertiary/aromatic N) is 2. The summed E-state index contributed by atoms with van der Waals surface area (Å²) in [5, 5.41) is 6.27. The van der Waals surface area contributed by atoms with Crippen LogP contribution >= 0.6 is 0 Å². The molecule has 1 heterocycles. The number of carbonyl (C=O) groups excluding carboxylic acids is 1. The smallest absolute Gasteiger partial charge is 0.270 e. The maximum atomic E-state index is 12.5. The summed E-state index contributed by atoms with van der Waals surface area (Å²) >= 11 is 0. The van der Waals surface area contributed by atoms with Crippen LogP contribution in [0.15, 0.2) is 30.3 Å². The predicted octanol–water partition coefficient (Wildman–Crippen LogP) is 3.90. The number of benzene rings is 1. The molecular weight excluding hydrogens is 300 g/mol. The van der Waals surface area contributed by atoms with E-state index in [9.17, 15) is 4.79 Å². The molecule has 5 heteroatoms. The number of hydrogen-bond acceptors (Lipinski definition) is 4. The molecule has 126 valence electrons. The molecule has 0 radical (unpaired) electrons. The minimum atomic E-state index is -0.112. The van der Waals surface area contributed by atoms with Crippen LogP contribution in [0.4, 0.5) is 11.6 Å². The molecule has 5 nitrogen and oxygen atoms in total. The quantitative estimate of drug-likeness (QED) is 0.895. The van der Waals surface area contributed by atoms with Crippen LogP contribution in [-0.4, -0.2) is 21.9 Å². The molecule has 1 aliphatic rings. The summed E-state index contributed by atoms with van der Waals surface area (Å²) in [6.07, 6.45) is 5.76. The highest BCUT2D eigenvalue weighted by atomic mass is 16.1. The van der Waals surface area contributed by atoms with E-state index in [1.807, 2.05) is 38.1 Å². The van der Waals surface area contributed by atoms with E-state index < -0.39 is 0 Å². The Morgan fingerprint density at radius 1 is 1.04 bits per heavy atom. The van der Waals surface area contributed by atoms with E-state index in [0.29, 0.717) is 11.6 Å². The monoisotopic (exact) mass is 324 g/mol. The molecule has 0 aliphatic heterocycles. The second-order valence-electron chi connectivity index (χ2n) is 6.52. The van der Waals surface area contributed by atoms with Gasteiger partial charge in [-0.2, -0.15) is 0 Å². The van der Waals surface area contributed by atoms with E-state index in [-0.39, 0.29) is 11.9 Å². The number of anilines is 2. The zero-order valence-corrected chi connectivity index (χ0v) is 14.3. The van der Waals surface area contributed by atoms with Gasteiger partial charge in [-0.3, -0.25) is 4.79 Å². The third-order valence-corrected chi connectivity index (χ3v) is 4.33. The molecule has 0 saturated heterocycles. The van der Waals surface area contributed by atoms with Crippen LogP contribution in [0.2, 0.25) is 0 Å². The lowest BCUT2D eigenvalue weighted by Gasteiger charge is -2.22. The molecule has 2 aromatic rings. The van der Waals surface area contributed by atoms with Crippen molar-refractivity contribution in [3.05, 3.63) is 47.3 Å². The molecule has 1 fully saturated rings. The van der Waals surface area contributed by atoms with E-state index in [1.165, 1.54) is 24.8 Å². The maximum Gasteiger partial charge on any atom is 0.270 e. The highest BCUT2D eigenvalue weighted by Gasteiger charge is 2.18. The topological polar surface area (TPSA) is 66.9 Å². The average molecular weight is 324 g/mol. The van der Waals surface area contributed by atoms with Gasteiger partial charge >= 0.3 is 0 Å². The normalized spacial score (nSPS) is 15.1. The van der Waals surface area contributed by atoms with Crippen molar-refractivity contribution in [1.29, 1.82) is 0 Å². The van der Waals surface area contributed by atoms with Gasteiger partial charge in [0.25, 0.3) is 5.91 Å². The Morgan fingerprint density at radius 3 is 2.46 bits per heavy atom. The van der Waals surface area contributed by atoms with E-state index in [1.54, 1.807) is 6.07 Å². The first-order chi connectivity index (χ1) is 11.6. The predicted molar refractivity (Wildman–Crippen MR) is 95.6 cm³/mol. The van der Waals surface area contributed by atoms with E-state index in [0.717, 1.165) is 24.2 Å². The van der Waals surface area contributed by atoms with Gasteiger partial charge in [-0.25, -0.2) is 9.97 Å². The Bertz CT molecular complexity index is 706. The number of hydrogen-bond donors (Lipinski definition) is 2. The van der Waals surface area contributed by atoms with Gasteiger partial charge in [0, 0.05) is 17.4 Å². The van der Waals surface area contributed by atoms with Gasteiger partial charge in [-0.05, 0) is 44.9 Å². The SMILES string of the molecule is Cc1ccc(Nc2nc(C)cc(C(=O)NC3CCCCC3)n2)cc1. The van der Waals surface area contributed by atoms with Crippen molar-refractivity contribution in [1.82, 2.24) is 15.3 Å². The number of aromatic nitrogens is 2. The minimum Gasteiger partial charge on any atom is -0.348 e. The molecular formula is C19H24N4O. The molecule has 0 unspecified atom stereocenters. The van der Waals surface area contributed by atoms with Gasteiger partial charge in [0.15, 0.2) is 0 Å². The number of nitrogens with one attached hydrogen (secondary N) is 2. The lowest BCUT2D eigenvalue weighted by atomic mass is 9.95. The van der Waals surface area contributed by atoms with Gasteiger partial charge in [-0.1, -0.05) is 37.0 Å². The van der Waals surface area contributed by atoms with Gasteiger partial charge in [0.05, 0.1) is 0 Å². The Balaban J connectivity index is 1.72. The molecule has 3 rings (SSSR count).